The van der Waals surface area contributed by atoms with E-state index in [4.69, 9.17) is 11.5 Å². The number of amides is 1. The van der Waals surface area contributed by atoms with E-state index in [0.29, 0.717) is 12.6 Å². The second-order valence-corrected chi connectivity index (χ2v) is 4.84. The molecule has 0 bridgehead atoms. The first-order chi connectivity index (χ1) is 6.97. The van der Waals surface area contributed by atoms with Gasteiger partial charge in [0.1, 0.15) is 5.54 Å². The van der Waals surface area contributed by atoms with Crippen molar-refractivity contribution in [2.45, 2.75) is 51.1 Å². The SMILES string of the molecule is CCCCN(CC(C)(N)C(N)=O)C1CC1. The summed E-state index contributed by atoms with van der Waals surface area (Å²) in [5.74, 6) is -0.412. The van der Waals surface area contributed by atoms with Crippen LogP contribution in [-0.2, 0) is 4.79 Å². The van der Waals surface area contributed by atoms with Crippen LogP contribution in [0.4, 0.5) is 0 Å². The summed E-state index contributed by atoms with van der Waals surface area (Å²) in [5.41, 5.74) is 10.3. The minimum absolute atomic E-state index is 0.412. The maximum Gasteiger partial charge on any atom is 0.238 e. The number of nitrogens with zero attached hydrogens (tertiary/aromatic N) is 1. The Kier molecular flexibility index (Phi) is 4.11. The van der Waals surface area contributed by atoms with E-state index in [0.717, 1.165) is 13.0 Å². The summed E-state index contributed by atoms with van der Waals surface area (Å²) in [4.78, 5) is 13.5. The van der Waals surface area contributed by atoms with Crippen LogP contribution in [-0.4, -0.2) is 35.5 Å². The highest BCUT2D eigenvalue weighted by Crippen LogP contribution is 2.28. The van der Waals surface area contributed by atoms with Crippen LogP contribution in [0.15, 0.2) is 0 Å². The average Bonchev–Trinajstić information content (AvgIpc) is 2.94. The first-order valence-electron chi connectivity index (χ1n) is 5.80. The van der Waals surface area contributed by atoms with Crippen LogP contribution in [0, 0.1) is 0 Å². The third kappa shape index (κ3) is 3.80. The van der Waals surface area contributed by atoms with Crippen LogP contribution >= 0.6 is 0 Å². The van der Waals surface area contributed by atoms with Crippen molar-refractivity contribution < 1.29 is 4.79 Å². The Morgan fingerprint density at radius 3 is 2.53 bits per heavy atom. The van der Waals surface area contributed by atoms with Gasteiger partial charge in [-0.2, -0.15) is 0 Å². The highest BCUT2D eigenvalue weighted by Gasteiger charge is 2.35. The molecule has 1 rings (SSSR count). The molecule has 1 fully saturated rings. The smallest absolute Gasteiger partial charge is 0.238 e. The second-order valence-electron chi connectivity index (χ2n) is 4.84. The number of primary amides is 1. The molecule has 0 aromatic heterocycles. The number of hydrogen-bond acceptors (Lipinski definition) is 3. The molecule has 0 aromatic carbocycles. The average molecular weight is 213 g/mol. The topological polar surface area (TPSA) is 72.3 Å². The molecule has 4 heteroatoms. The molecule has 0 spiro atoms. The van der Waals surface area contributed by atoms with E-state index in [-0.39, 0.29) is 0 Å². The molecule has 0 heterocycles. The summed E-state index contributed by atoms with van der Waals surface area (Å²) in [6.45, 7) is 5.51. The molecule has 4 nitrogen and oxygen atoms in total. The van der Waals surface area contributed by atoms with Gasteiger partial charge in [-0.15, -0.1) is 0 Å². The molecule has 4 N–H and O–H groups in total. The Morgan fingerprint density at radius 1 is 1.53 bits per heavy atom. The normalized spacial score (nSPS) is 20.3. The summed E-state index contributed by atoms with van der Waals surface area (Å²) in [6.07, 6.45) is 4.80. The molecule has 1 amide bonds. The Labute approximate surface area is 92.0 Å². The predicted octanol–water partition coefficient (Wildman–Crippen LogP) is 0.454. The van der Waals surface area contributed by atoms with Crippen LogP contribution in [0.5, 0.6) is 0 Å². The van der Waals surface area contributed by atoms with Gasteiger partial charge in [0.2, 0.25) is 5.91 Å². The van der Waals surface area contributed by atoms with Crippen LogP contribution in [0.2, 0.25) is 0 Å². The van der Waals surface area contributed by atoms with Gasteiger partial charge in [-0.25, -0.2) is 0 Å². The summed E-state index contributed by atoms with van der Waals surface area (Å²) >= 11 is 0. The van der Waals surface area contributed by atoms with Crippen molar-refractivity contribution in [3.05, 3.63) is 0 Å². The standard InChI is InChI=1S/C11H23N3O/c1-3-4-7-14(9-5-6-9)8-11(2,13)10(12)15/h9H,3-8,13H2,1-2H3,(H2,12,15). The Hall–Kier alpha value is -0.610. The van der Waals surface area contributed by atoms with Gasteiger partial charge in [0.15, 0.2) is 0 Å². The zero-order valence-corrected chi connectivity index (χ0v) is 9.83. The number of carbonyl (C=O) groups excluding carboxylic acids is 1. The molecule has 15 heavy (non-hydrogen) atoms. The minimum atomic E-state index is -0.893. The van der Waals surface area contributed by atoms with Crippen molar-refractivity contribution in [1.82, 2.24) is 4.90 Å². The molecule has 1 atom stereocenters. The molecule has 1 aliphatic rings. The summed E-state index contributed by atoms with van der Waals surface area (Å²) in [7, 11) is 0. The third-order valence-corrected chi connectivity index (χ3v) is 2.96. The number of unbranched alkanes of at least 4 members (excludes halogenated alkanes) is 1. The largest absolute Gasteiger partial charge is 0.368 e. The first kappa shape index (κ1) is 12.5. The van der Waals surface area contributed by atoms with Gasteiger partial charge < -0.3 is 11.5 Å². The van der Waals surface area contributed by atoms with Gasteiger partial charge in [0, 0.05) is 12.6 Å². The Bertz CT molecular complexity index is 224. The van der Waals surface area contributed by atoms with Crippen molar-refractivity contribution in [3.8, 4) is 0 Å². The van der Waals surface area contributed by atoms with Crippen molar-refractivity contribution in [2.75, 3.05) is 13.1 Å². The summed E-state index contributed by atoms with van der Waals surface area (Å²) in [6, 6.07) is 0.638. The molecule has 88 valence electrons. The number of carbonyl (C=O) groups is 1. The van der Waals surface area contributed by atoms with E-state index < -0.39 is 11.4 Å². The summed E-state index contributed by atoms with van der Waals surface area (Å²) < 4.78 is 0. The quantitative estimate of drug-likeness (QED) is 0.645. The van der Waals surface area contributed by atoms with Crippen LogP contribution in [0.1, 0.15) is 39.5 Å². The molecule has 1 saturated carbocycles. The number of hydrogen-bond donors (Lipinski definition) is 2. The lowest BCUT2D eigenvalue weighted by atomic mass is 10.0. The maximum absolute atomic E-state index is 11.1. The minimum Gasteiger partial charge on any atom is -0.368 e. The van der Waals surface area contributed by atoms with Crippen LogP contribution in [0.3, 0.4) is 0 Å². The van der Waals surface area contributed by atoms with E-state index in [9.17, 15) is 4.79 Å². The van der Waals surface area contributed by atoms with E-state index in [1.54, 1.807) is 6.92 Å². The molecule has 0 radical (unpaired) electrons. The van der Waals surface area contributed by atoms with Crippen LogP contribution < -0.4 is 11.5 Å². The van der Waals surface area contributed by atoms with Gasteiger partial charge in [0.25, 0.3) is 0 Å². The fourth-order valence-electron chi connectivity index (χ4n) is 1.69. The van der Waals surface area contributed by atoms with E-state index in [1.807, 2.05) is 0 Å². The van der Waals surface area contributed by atoms with Gasteiger partial charge in [-0.05, 0) is 32.7 Å². The molecule has 1 unspecified atom stereocenters. The molecule has 0 saturated heterocycles. The predicted molar refractivity (Wildman–Crippen MR) is 61.3 cm³/mol. The second kappa shape index (κ2) is 4.94. The van der Waals surface area contributed by atoms with E-state index in [1.165, 1.54) is 19.3 Å². The van der Waals surface area contributed by atoms with Crippen LogP contribution in [0.25, 0.3) is 0 Å². The van der Waals surface area contributed by atoms with Crippen molar-refractivity contribution in [2.24, 2.45) is 11.5 Å². The van der Waals surface area contributed by atoms with Gasteiger partial charge >= 0.3 is 0 Å². The molecule has 0 aliphatic heterocycles. The lowest BCUT2D eigenvalue weighted by Gasteiger charge is -2.30. The third-order valence-electron chi connectivity index (χ3n) is 2.96. The highest BCUT2D eigenvalue weighted by atomic mass is 16.1. The van der Waals surface area contributed by atoms with Gasteiger partial charge in [-0.1, -0.05) is 13.3 Å². The molecule has 0 aromatic rings. The lowest BCUT2D eigenvalue weighted by molar-refractivity contribution is -0.123. The van der Waals surface area contributed by atoms with Crippen molar-refractivity contribution in [3.63, 3.8) is 0 Å². The zero-order chi connectivity index (χ0) is 11.5. The Morgan fingerprint density at radius 2 is 2.13 bits per heavy atom. The van der Waals surface area contributed by atoms with E-state index in [2.05, 4.69) is 11.8 Å². The summed E-state index contributed by atoms with van der Waals surface area (Å²) in [5, 5.41) is 0. The number of nitrogens with two attached hydrogens (primary N) is 2. The lowest BCUT2D eigenvalue weighted by Crippen LogP contribution is -2.57. The monoisotopic (exact) mass is 213 g/mol. The zero-order valence-electron chi connectivity index (χ0n) is 9.83. The number of rotatable bonds is 7. The first-order valence-corrected chi connectivity index (χ1v) is 5.80. The Balaban J connectivity index is 2.46. The fourth-order valence-corrected chi connectivity index (χ4v) is 1.69. The van der Waals surface area contributed by atoms with Gasteiger partial charge in [0.05, 0.1) is 0 Å². The fraction of sp³-hybridized carbons (Fsp3) is 0.909. The van der Waals surface area contributed by atoms with Crippen molar-refractivity contribution >= 4 is 5.91 Å². The highest BCUT2D eigenvalue weighted by molar-refractivity contribution is 5.84. The van der Waals surface area contributed by atoms with E-state index >= 15 is 0 Å². The molecular weight excluding hydrogens is 190 g/mol. The van der Waals surface area contributed by atoms with Crippen molar-refractivity contribution in [1.29, 1.82) is 0 Å². The van der Waals surface area contributed by atoms with Gasteiger partial charge in [-0.3, -0.25) is 9.69 Å². The maximum atomic E-state index is 11.1. The molecular formula is C11H23N3O. The molecule has 1 aliphatic carbocycles.